The first-order chi connectivity index (χ1) is 7.59. The van der Waals surface area contributed by atoms with Crippen molar-refractivity contribution in [3.63, 3.8) is 0 Å². The molecule has 0 saturated carbocycles. The second-order valence-electron chi connectivity index (χ2n) is 4.37. The standard InChI is InChI=1S/C11H20N3O2/c1-8(11(12)16)14-10(15)5-4-9-3-2-6-13-7-9/h8-9H,2-7H2,1H3,(H2,12,16)(H,14,15). The van der Waals surface area contributed by atoms with Gasteiger partial charge in [-0.25, -0.2) is 5.32 Å². The van der Waals surface area contributed by atoms with E-state index in [1.165, 1.54) is 0 Å². The fraction of sp³-hybridized carbons (Fsp3) is 0.818. The molecule has 91 valence electrons. The highest BCUT2D eigenvalue weighted by atomic mass is 16.2. The average molecular weight is 226 g/mol. The van der Waals surface area contributed by atoms with Gasteiger partial charge in [-0.2, -0.15) is 0 Å². The minimum Gasteiger partial charge on any atom is -0.368 e. The lowest BCUT2D eigenvalue weighted by atomic mass is 9.94. The Morgan fingerprint density at radius 3 is 2.88 bits per heavy atom. The van der Waals surface area contributed by atoms with Gasteiger partial charge in [0.15, 0.2) is 0 Å². The van der Waals surface area contributed by atoms with E-state index >= 15 is 0 Å². The van der Waals surface area contributed by atoms with Crippen molar-refractivity contribution < 1.29 is 9.59 Å². The van der Waals surface area contributed by atoms with E-state index in [-0.39, 0.29) is 5.91 Å². The molecular formula is C11H20N3O2. The quantitative estimate of drug-likeness (QED) is 0.678. The van der Waals surface area contributed by atoms with Crippen LogP contribution >= 0.6 is 0 Å². The minimum atomic E-state index is -0.580. The Morgan fingerprint density at radius 1 is 1.56 bits per heavy atom. The van der Waals surface area contributed by atoms with Gasteiger partial charge < -0.3 is 11.1 Å². The zero-order chi connectivity index (χ0) is 12.0. The molecule has 0 aromatic rings. The van der Waals surface area contributed by atoms with Crippen molar-refractivity contribution in [3.05, 3.63) is 0 Å². The Balaban J connectivity index is 2.16. The summed E-state index contributed by atoms with van der Waals surface area (Å²) in [4.78, 5) is 22.2. The lowest BCUT2D eigenvalue weighted by molar-refractivity contribution is -0.127. The summed E-state index contributed by atoms with van der Waals surface area (Å²) in [6.45, 7) is 3.43. The lowest BCUT2D eigenvalue weighted by Gasteiger charge is -2.21. The molecule has 5 nitrogen and oxygen atoms in total. The summed E-state index contributed by atoms with van der Waals surface area (Å²) in [7, 11) is 0. The Hall–Kier alpha value is -1.10. The van der Waals surface area contributed by atoms with E-state index in [1.54, 1.807) is 6.92 Å². The van der Waals surface area contributed by atoms with Crippen molar-refractivity contribution in [2.24, 2.45) is 11.7 Å². The Bertz CT molecular complexity index is 250. The van der Waals surface area contributed by atoms with E-state index in [1.807, 2.05) is 0 Å². The Labute approximate surface area is 96.1 Å². The monoisotopic (exact) mass is 226 g/mol. The topological polar surface area (TPSA) is 86.3 Å². The van der Waals surface area contributed by atoms with Gasteiger partial charge in [0, 0.05) is 19.5 Å². The molecule has 1 heterocycles. The molecule has 1 radical (unpaired) electrons. The fourth-order valence-electron chi connectivity index (χ4n) is 1.81. The van der Waals surface area contributed by atoms with E-state index in [0.717, 1.165) is 32.4 Å². The van der Waals surface area contributed by atoms with Gasteiger partial charge in [-0.15, -0.1) is 0 Å². The maximum Gasteiger partial charge on any atom is 0.239 e. The summed E-state index contributed by atoms with van der Waals surface area (Å²) in [5.74, 6) is -0.0683. The van der Waals surface area contributed by atoms with E-state index < -0.39 is 11.9 Å². The number of rotatable bonds is 5. The molecule has 1 saturated heterocycles. The maximum absolute atomic E-state index is 11.5. The summed E-state index contributed by atoms with van der Waals surface area (Å²) in [6, 6.07) is -0.580. The van der Waals surface area contributed by atoms with Gasteiger partial charge in [0.25, 0.3) is 0 Å². The number of primary amides is 1. The van der Waals surface area contributed by atoms with E-state index in [4.69, 9.17) is 5.73 Å². The van der Waals surface area contributed by atoms with Gasteiger partial charge in [-0.3, -0.25) is 9.59 Å². The summed E-state index contributed by atoms with van der Waals surface area (Å²) >= 11 is 0. The number of hydrogen-bond donors (Lipinski definition) is 2. The molecule has 0 aliphatic carbocycles. The first kappa shape index (κ1) is 13.0. The highest BCUT2D eigenvalue weighted by Crippen LogP contribution is 2.16. The van der Waals surface area contributed by atoms with Gasteiger partial charge in [0.2, 0.25) is 11.8 Å². The molecule has 16 heavy (non-hydrogen) atoms. The van der Waals surface area contributed by atoms with Crippen molar-refractivity contribution in [2.75, 3.05) is 13.1 Å². The van der Waals surface area contributed by atoms with Crippen LogP contribution in [0.3, 0.4) is 0 Å². The third kappa shape index (κ3) is 4.61. The Morgan fingerprint density at radius 2 is 2.31 bits per heavy atom. The van der Waals surface area contributed by atoms with Gasteiger partial charge in [0.1, 0.15) is 6.04 Å². The molecule has 0 bridgehead atoms. The number of carbonyl (C=O) groups excluding carboxylic acids is 2. The molecule has 2 atom stereocenters. The summed E-state index contributed by atoms with van der Waals surface area (Å²) in [5.41, 5.74) is 5.05. The number of amides is 2. The van der Waals surface area contributed by atoms with Crippen LogP contribution in [0.15, 0.2) is 0 Å². The average Bonchev–Trinajstić information content (AvgIpc) is 2.27. The number of nitrogens with two attached hydrogens (primary N) is 1. The third-order valence-electron chi connectivity index (χ3n) is 2.90. The van der Waals surface area contributed by atoms with Crippen LogP contribution in [0.4, 0.5) is 0 Å². The molecule has 0 aromatic heterocycles. The van der Waals surface area contributed by atoms with Crippen molar-refractivity contribution in [2.45, 2.75) is 38.6 Å². The molecule has 2 unspecified atom stereocenters. The maximum atomic E-state index is 11.5. The first-order valence-electron chi connectivity index (χ1n) is 5.81. The van der Waals surface area contributed by atoms with Crippen molar-refractivity contribution in [1.29, 1.82) is 0 Å². The summed E-state index contributed by atoms with van der Waals surface area (Å²) in [5, 5.41) is 6.89. The van der Waals surface area contributed by atoms with Gasteiger partial charge in [-0.1, -0.05) is 0 Å². The van der Waals surface area contributed by atoms with Gasteiger partial charge in [-0.05, 0) is 32.1 Å². The molecule has 0 aromatic carbocycles. The molecule has 5 heteroatoms. The van der Waals surface area contributed by atoms with E-state index in [2.05, 4.69) is 10.6 Å². The van der Waals surface area contributed by atoms with Crippen LogP contribution in [-0.4, -0.2) is 30.9 Å². The largest absolute Gasteiger partial charge is 0.368 e. The van der Waals surface area contributed by atoms with Crippen LogP contribution in [-0.2, 0) is 9.59 Å². The second-order valence-corrected chi connectivity index (χ2v) is 4.37. The SMILES string of the molecule is CC(NC(=O)CCC1CCC[N]C1)C(N)=O. The van der Waals surface area contributed by atoms with Crippen LogP contribution in [0.1, 0.15) is 32.6 Å². The molecule has 2 amide bonds. The van der Waals surface area contributed by atoms with Crippen molar-refractivity contribution >= 4 is 11.8 Å². The number of nitrogens with one attached hydrogen (secondary N) is 1. The molecule has 1 fully saturated rings. The number of carbonyl (C=O) groups is 2. The summed E-state index contributed by atoms with van der Waals surface area (Å²) in [6.07, 6.45) is 3.59. The molecule has 0 spiro atoms. The van der Waals surface area contributed by atoms with Crippen LogP contribution in [0, 0.1) is 5.92 Å². The van der Waals surface area contributed by atoms with Crippen LogP contribution < -0.4 is 16.4 Å². The normalized spacial score (nSPS) is 22.4. The molecule has 3 N–H and O–H groups in total. The zero-order valence-electron chi connectivity index (χ0n) is 9.74. The van der Waals surface area contributed by atoms with Crippen molar-refractivity contribution in [1.82, 2.24) is 10.6 Å². The molecule has 1 rings (SSSR count). The van der Waals surface area contributed by atoms with Crippen molar-refractivity contribution in [3.8, 4) is 0 Å². The molecule has 1 aliphatic rings. The van der Waals surface area contributed by atoms with E-state index in [0.29, 0.717) is 12.3 Å². The smallest absolute Gasteiger partial charge is 0.239 e. The highest BCUT2D eigenvalue weighted by Gasteiger charge is 2.17. The fourth-order valence-corrected chi connectivity index (χ4v) is 1.81. The zero-order valence-corrected chi connectivity index (χ0v) is 9.74. The molecular weight excluding hydrogens is 206 g/mol. The third-order valence-corrected chi connectivity index (χ3v) is 2.90. The van der Waals surface area contributed by atoms with Crippen LogP contribution in [0.25, 0.3) is 0 Å². The molecule has 1 aliphatic heterocycles. The van der Waals surface area contributed by atoms with Crippen LogP contribution in [0.5, 0.6) is 0 Å². The van der Waals surface area contributed by atoms with Crippen LogP contribution in [0.2, 0.25) is 0 Å². The first-order valence-corrected chi connectivity index (χ1v) is 5.81. The Kier molecular flexibility index (Phi) is 5.25. The number of hydrogen-bond acceptors (Lipinski definition) is 2. The van der Waals surface area contributed by atoms with Gasteiger partial charge >= 0.3 is 0 Å². The van der Waals surface area contributed by atoms with Gasteiger partial charge in [0.05, 0.1) is 0 Å². The number of nitrogens with zero attached hydrogens (tertiary/aromatic N) is 1. The van der Waals surface area contributed by atoms with E-state index in [9.17, 15) is 9.59 Å². The summed E-state index contributed by atoms with van der Waals surface area (Å²) < 4.78 is 0. The predicted molar refractivity (Wildman–Crippen MR) is 60.6 cm³/mol. The lowest BCUT2D eigenvalue weighted by Crippen LogP contribution is -2.42. The second kappa shape index (κ2) is 6.48. The minimum absolute atomic E-state index is 0.100. The predicted octanol–water partition coefficient (Wildman–Crippen LogP) is -0.229. The highest BCUT2D eigenvalue weighted by molar-refractivity contribution is 5.86. The number of piperidine rings is 1.